The van der Waals surface area contributed by atoms with Crippen molar-refractivity contribution in [1.82, 2.24) is 0 Å². The molecule has 0 aliphatic rings. The Morgan fingerprint density at radius 3 is 2.29 bits per heavy atom. The molecule has 7 heteroatoms. The molecule has 1 N–H and O–H groups in total. The summed E-state index contributed by atoms with van der Waals surface area (Å²) >= 11 is 1.33. The topological polar surface area (TPSA) is 73.9 Å². The van der Waals surface area contributed by atoms with E-state index in [1.54, 1.807) is 31.2 Å². The number of nitrogens with one attached hydrogen (secondary N) is 1. The number of benzene rings is 2. The number of anilines is 1. The van der Waals surface area contributed by atoms with Crippen molar-refractivity contribution < 1.29 is 23.8 Å². The van der Waals surface area contributed by atoms with E-state index in [0.29, 0.717) is 22.9 Å². The number of hydrogen-bond donors (Lipinski definition) is 1. The highest BCUT2D eigenvalue weighted by atomic mass is 32.1. The summed E-state index contributed by atoms with van der Waals surface area (Å²) in [6.45, 7) is 4.32. The molecule has 0 radical (unpaired) electrons. The highest BCUT2D eigenvalue weighted by Gasteiger charge is 2.21. The summed E-state index contributed by atoms with van der Waals surface area (Å²) in [4.78, 5) is 24.7. The molecule has 1 amide bonds. The van der Waals surface area contributed by atoms with Gasteiger partial charge in [-0.05, 0) is 44.2 Å². The Labute approximate surface area is 167 Å². The van der Waals surface area contributed by atoms with Crippen LogP contribution in [-0.4, -0.2) is 31.7 Å². The van der Waals surface area contributed by atoms with Crippen LogP contribution in [0.5, 0.6) is 11.5 Å². The summed E-state index contributed by atoms with van der Waals surface area (Å²) in [6, 6.07) is 14.5. The predicted octanol–water partition coefficient (Wildman–Crippen LogP) is 4.49. The molecule has 0 aliphatic carbocycles. The number of rotatable bonds is 8. The van der Waals surface area contributed by atoms with Crippen LogP contribution in [0.25, 0.3) is 10.1 Å². The molecule has 146 valence electrons. The first-order valence-electron chi connectivity index (χ1n) is 8.96. The molecule has 28 heavy (non-hydrogen) atoms. The number of fused-ring (bicyclic) bond motifs is 1. The van der Waals surface area contributed by atoms with Gasteiger partial charge < -0.3 is 19.5 Å². The van der Waals surface area contributed by atoms with Crippen molar-refractivity contribution in [3.63, 3.8) is 0 Å². The van der Waals surface area contributed by atoms with Gasteiger partial charge in [-0.15, -0.1) is 11.3 Å². The molecule has 3 rings (SSSR count). The molecule has 0 saturated heterocycles. The van der Waals surface area contributed by atoms with Crippen LogP contribution in [0.15, 0.2) is 48.5 Å². The minimum atomic E-state index is -0.456. The standard InChI is InChI=1S/C21H21NO5S/c1-3-25-14-9-11-15(12-10-14)27-13-18(23)22-20-19(21(24)26-4-2)16-7-5-6-8-17(16)28-20/h5-12H,3-4,13H2,1-2H3,(H,22,23). The average molecular weight is 399 g/mol. The second kappa shape index (κ2) is 9.23. The number of ether oxygens (including phenoxy) is 3. The Bertz CT molecular complexity index is 965. The molecule has 0 saturated carbocycles. The van der Waals surface area contributed by atoms with Gasteiger partial charge in [-0.25, -0.2) is 4.79 Å². The Balaban J connectivity index is 1.70. The van der Waals surface area contributed by atoms with Crippen molar-refractivity contribution in [2.45, 2.75) is 13.8 Å². The minimum Gasteiger partial charge on any atom is -0.494 e. The number of esters is 1. The zero-order chi connectivity index (χ0) is 19.9. The first-order chi connectivity index (χ1) is 13.6. The molecule has 0 aliphatic heterocycles. The molecule has 3 aromatic rings. The molecular weight excluding hydrogens is 378 g/mol. The molecule has 0 atom stereocenters. The molecule has 0 fully saturated rings. The monoisotopic (exact) mass is 399 g/mol. The fourth-order valence-electron chi connectivity index (χ4n) is 2.65. The van der Waals surface area contributed by atoms with E-state index < -0.39 is 5.97 Å². The normalized spacial score (nSPS) is 10.5. The van der Waals surface area contributed by atoms with E-state index in [9.17, 15) is 9.59 Å². The van der Waals surface area contributed by atoms with Crippen molar-refractivity contribution in [2.24, 2.45) is 0 Å². The van der Waals surface area contributed by atoms with Crippen LogP contribution < -0.4 is 14.8 Å². The van der Waals surface area contributed by atoms with E-state index in [1.807, 2.05) is 31.2 Å². The van der Waals surface area contributed by atoms with Crippen LogP contribution in [0.2, 0.25) is 0 Å². The maximum atomic E-state index is 12.4. The summed E-state index contributed by atoms with van der Waals surface area (Å²) in [7, 11) is 0. The third kappa shape index (κ3) is 4.61. The average Bonchev–Trinajstić information content (AvgIpc) is 3.05. The van der Waals surface area contributed by atoms with Gasteiger partial charge in [0.25, 0.3) is 5.91 Å². The SMILES string of the molecule is CCOC(=O)c1c(NC(=O)COc2ccc(OCC)cc2)sc2ccccc12. The van der Waals surface area contributed by atoms with Gasteiger partial charge in [0.15, 0.2) is 6.61 Å². The van der Waals surface area contributed by atoms with E-state index in [4.69, 9.17) is 14.2 Å². The largest absolute Gasteiger partial charge is 0.494 e. The molecule has 0 unspecified atom stereocenters. The summed E-state index contributed by atoms with van der Waals surface area (Å²) in [5.41, 5.74) is 0.372. The molecular formula is C21H21NO5S. The lowest BCUT2D eigenvalue weighted by atomic mass is 10.1. The van der Waals surface area contributed by atoms with Crippen LogP contribution in [0.1, 0.15) is 24.2 Å². The van der Waals surface area contributed by atoms with Crippen LogP contribution >= 0.6 is 11.3 Å². The maximum absolute atomic E-state index is 12.4. The molecule has 2 aromatic carbocycles. The Morgan fingerprint density at radius 1 is 0.929 bits per heavy atom. The minimum absolute atomic E-state index is 0.176. The fraction of sp³-hybridized carbons (Fsp3) is 0.238. The molecule has 1 aromatic heterocycles. The van der Waals surface area contributed by atoms with E-state index in [0.717, 1.165) is 15.8 Å². The number of hydrogen-bond acceptors (Lipinski definition) is 6. The lowest BCUT2D eigenvalue weighted by Crippen LogP contribution is -2.21. The van der Waals surface area contributed by atoms with Crippen molar-refractivity contribution in [1.29, 1.82) is 0 Å². The lowest BCUT2D eigenvalue weighted by Gasteiger charge is -2.09. The second-order valence-electron chi connectivity index (χ2n) is 5.76. The number of thiophene rings is 1. The highest BCUT2D eigenvalue weighted by molar-refractivity contribution is 7.23. The number of carbonyl (C=O) groups excluding carboxylic acids is 2. The molecule has 1 heterocycles. The number of carbonyl (C=O) groups is 2. The van der Waals surface area contributed by atoms with Gasteiger partial charge in [-0.3, -0.25) is 4.79 Å². The highest BCUT2D eigenvalue weighted by Crippen LogP contribution is 2.36. The van der Waals surface area contributed by atoms with E-state index in [1.165, 1.54) is 11.3 Å². The van der Waals surface area contributed by atoms with Gasteiger partial charge in [0, 0.05) is 10.1 Å². The third-order valence-electron chi connectivity index (χ3n) is 3.83. The van der Waals surface area contributed by atoms with Crippen molar-refractivity contribution in [3.8, 4) is 11.5 Å². The maximum Gasteiger partial charge on any atom is 0.341 e. The first kappa shape index (κ1) is 19.7. The van der Waals surface area contributed by atoms with Crippen molar-refractivity contribution in [2.75, 3.05) is 25.1 Å². The van der Waals surface area contributed by atoms with Crippen LogP contribution in [0.4, 0.5) is 5.00 Å². The molecule has 0 spiro atoms. The van der Waals surface area contributed by atoms with Crippen LogP contribution in [0, 0.1) is 0 Å². The second-order valence-corrected chi connectivity index (χ2v) is 6.82. The van der Waals surface area contributed by atoms with Crippen LogP contribution in [0.3, 0.4) is 0 Å². The number of amides is 1. The van der Waals surface area contributed by atoms with Gasteiger partial charge in [0.05, 0.1) is 13.2 Å². The Hall–Kier alpha value is -3.06. The van der Waals surface area contributed by atoms with E-state index >= 15 is 0 Å². The Kier molecular flexibility index (Phi) is 6.49. The van der Waals surface area contributed by atoms with Crippen LogP contribution in [-0.2, 0) is 9.53 Å². The van der Waals surface area contributed by atoms with E-state index in [-0.39, 0.29) is 19.1 Å². The lowest BCUT2D eigenvalue weighted by molar-refractivity contribution is -0.118. The van der Waals surface area contributed by atoms with Gasteiger partial charge in [-0.2, -0.15) is 0 Å². The zero-order valence-corrected chi connectivity index (χ0v) is 16.5. The van der Waals surface area contributed by atoms with Gasteiger partial charge in [0.1, 0.15) is 22.1 Å². The quantitative estimate of drug-likeness (QED) is 0.565. The van der Waals surface area contributed by atoms with Crippen molar-refractivity contribution in [3.05, 3.63) is 54.1 Å². The fourth-order valence-corrected chi connectivity index (χ4v) is 3.76. The zero-order valence-electron chi connectivity index (χ0n) is 15.7. The van der Waals surface area contributed by atoms with E-state index in [2.05, 4.69) is 5.32 Å². The summed E-state index contributed by atoms with van der Waals surface area (Å²) < 4.78 is 16.9. The van der Waals surface area contributed by atoms with Crippen molar-refractivity contribution >= 4 is 38.3 Å². The third-order valence-corrected chi connectivity index (χ3v) is 4.92. The molecule has 6 nitrogen and oxygen atoms in total. The molecule has 0 bridgehead atoms. The Morgan fingerprint density at radius 2 is 1.61 bits per heavy atom. The van der Waals surface area contributed by atoms with Gasteiger partial charge in [0.2, 0.25) is 0 Å². The predicted molar refractivity (Wildman–Crippen MR) is 110 cm³/mol. The summed E-state index contributed by atoms with van der Waals surface area (Å²) in [5.74, 6) is 0.484. The van der Waals surface area contributed by atoms with Gasteiger partial charge in [-0.1, -0.05) is 18.2 Å². The smallest absolute Gasteiger partial charge is 0.341 e. The van der Waals surface area contributed by atoms with Gasteiger partial charge >= 0.3 is 5.97 Å². The first-order valence-corrected chi connectivity index (χ1v) is 9.78. The summed E-state index contributed by atoms with van der Waals surface area (Å²) in [5, 5.41) is 3.99. The summed E-state index contributed by atoms with van der Waals surface area (Å²) in [6.07, 6.45) is 0.